The van der Waals surface area contributed by atoms with E-state index in [1.165, 1.54) is 4.90 Å². The lowest BCUT2D eigenvalue weighted by Gasteiger charge is -2.28. The van der Waals surface area contributed by atoms with Gasteiger partial charge in [-0.25, -0.2) is 18.4 Å². The summed E-state index contributed by atoms with van der Waals surface area (Å²) >= 11 is 0. The number of nitrogens with two attached hydrogens (primary N) is 1. The van der Waals surface area contributed by atoms with Crippen molar-refractivity contribution < 1.29 is 32.0 Å². The van der Waals surface area contributed by atoms with Crippen LogP contribution >= 0.6 is 0 Å². The van der Waals surface area contributed by atoms with Crippen LogP contribution in [0.25, 0.3) is 0 Å². The van der Waals surface area contributed by atoms with E-state index in [2.05, 4.69) is 5.32 Å². The summed E-state index contributed by atoms with van der Waals surface area (Å²) in [6.45, 7) is -0.879. The summed E-state index contributed by atoms with van der Waals surface area (Å²) in [5.41, 5.74) is 0.940. The van der Waals surface area contributed by atoms with Crippen molar-refractivity contribution >= 4 is 39.2 Å². The van der Waals surface area contributed by atoms with E-state index in [4.69, 9.17) is 14.3 Å². The minimum Gasteiger partial charge on any atom is -0.450 e. The molecule has 0 radical (unpaired) electrons. The molecule has 11 heteroatoms. The predicted molar refractivity (Wildman–Crippen MR) is 87.8 cm³/mol. The number of nitrogens with zero attached hydrogens (tertiary/aromatic N) is 1. The topological polar surface area (TPSA) is 149 Å². The normalized spacial score (nSPS) is 13.7. The van der Waals surface area contributed by atoms with Crippen molar-refractivity contribution in [2.75, 3.05) is 23.4 Å². The fourth-order valence-corrected chi connectivity index (χ4v) is 2.78. The first-order valence-electron chi connectivity index (χ1n) is 7.25. The Balaban J connectivity index is 1.68. The van der Waals surface area contributed by atoms with Crippen molar-refractivity contribution in [2.24, 2.45) is 5.14 Å². The van der Waals surface area contributed by atoms with Gasteiger partial charge in [0.25, 0.3) is 15.9 Å². The third-order valence-corrected chi connectivity index (χ3v) is 4.24. The number of carbonyl (C=O) groups excluding carboxylic acids is 3. The molecule has 0 saturated carbocycles. The van der Waals surface area contributed by atoms with Crippen LogP contribution < -0.4 is 15.4 Å². The number of benzene rings is 1. The van der Waals surface area contributed by atoms with Gasteiger partial charge in [-0.1, -0.05) is 12.1 Å². The van der Waals surface area contributed by atoms with Crippen LogP contribution in [0.5, 0.6) is 0 Å². The first kappa shape index (κ1) is 17.6. The van der Waals surface area contributed by atoms with E-state index in [1.54, 1.807) is 24.3 Å². The van der Waals surface area contributed by atoms with Crippen molar-refractivity contribution in [3.05, 3.63) is 42.2 Å². The van der Waals surface area contributed by atoms with Crippen molar-refractivity contribution in [2.45, 2.75) is 5.09 Å². The number of sulfonamides is 1. The van der Waals surface area contributed by atoms with Crippen LogP contribution in [0.2, 0.25) is 0 Å². The summed E-state index contributed by atoms with van der Waals surface area (Å²) in [4.78, 5) is 37.1. The molecule has 10 nitrogen and oxygen atoms in total. The first-order chi connectivity index (χ1) is 12.3. The number of hydrogen-bond acceptors (Lipinski definition) is 7. The number of furan rings is 1. The fraction of sp³-hybridized carbons (Fsp3) is 0.133. The van der Waals surface area contributed by atoms with E-state index >= 15 is 0 Å². The average Bonchev–Trinajstić information content (AvgIpc) is 3.09. The van der Waals surface area contributed by atoms with Crippen molar-refractivity contribution in [3.63, 3.8) is 0 Å². The lowest BCUT2D eigenvalue weighted by atomic mass is 10.2. The minimum atomic E-state index is -4.10. The summed E-state index contributed by atoms with van der Waals surface area (Å²) in [6, 6.07) is 8.73. The molecule has 0 fully saturated rings. The SMILES string of the molecule is NS(=O)(=O)c1ccc(C(=O)OCC(=O)N2CC(=O)Nc3ccccc32)o1. The highest BCUT2D eigenvalue weighted by molar-refractivity contribution is 7.89. The number of ether oxygens (including phenoxy) is 1. The average molecular weight is 379 g/mol. The first-order valence-corrected chi connectivity index (χ1v) is 8.79. The molecule has 0 unspecified atom stereocenters. The summed E-state index contributed by atoms with van der Waals surface area (Å²) in [7, 11) is -4.10. The highest BCUT2D eigenvalue weighted by Crippen LogP contribution is 2.28. The van der Waals surface area contributed by atoms with E-state index in [1.807, 2.05) is 0 Å². The van der Waals surface area contributed by atoms with Crippen LogP contribution in [0, 0.1) is 0 Å². The largest absolute Gasteiger partial charge is 0.450 e. The van der Waals surface area contributed by atoms with E-state index < -0.39 is 39.4 Å². The Kier molecular flexibility index (Phi) is 4.49. The Morgan fingerprint density at radius 2 is 1.96 bits per heavy atom. The smallest absolute Gasteiger partial charge is 0.374 e. The maximum Gasteiger partial charge on any atom is 0.374 e. The molecule has 0 aliphatic carbocycles. The Bertz CT molecular complexity index is 996. The Labute approximate surface area is 147 Å². The maximum absolute atomic E-state index is 12.3. The van der Waals surface area contributed by atoms with E-state index in [-0.39, 0.29) is 12.5 Å². The number of rotatable bonds is 4. The van der Waals surface area contributed by atoms with E-state index in [0.29, 0.717) is 11.4 Å². The number of amides is 2. The molecule has 0 bridgehead atoms. The second kappa shape index (κ2) is 6.61. The number of nitrogens with one attached hydrogen (secondary N) is 1. The molecular weight excluding hydrogens is 366 g/mol. The number of carbonyl (C=O) groups is 3. The molecule has 2 aromatic rings. The van der Waals surface area contributed by atoms with Crippen molar-refractivity contribution in [3.8, 4) is 0 Å². The summed E-state index contributed by atoms with van der Waals surface area (Å²) in [5, 5.41) is 6.90. The molecule has 3 N–H and O–H groups in total. The van der Waals surface area contributed by atoms with Gasteiger partial charge in [0.2, 0.25) is 16.8 Å². The molecule has 1 aromatic heterocycles. The zero-order valence-electron chi connectivity index (χ0n) is 13.2. The summed E-state index contributed by atoms with van der Waals surface area (Å²) in [5.74, 6) is -2.47. The fourth-order valence-electron chi connectivity index (χ4n) is 2.31. The molecule has 1 aliphatic heterocycles. The predicted octanol–water partition coefficient (Wildman–Crippen LogP) is 0.0691. The third kappa shape index (κ3) is 3.58. The second-order valence-corrected chi connectivity index (χ2v) is 6.78. The van der Waals surface area contributed by atoms with Gasteiger partial charge in [0.1, 0.15) is 6.54 Å². The highest BCUT2D eigenvalue weighted by atomic mass is 32.2. The summed E-state index contributed by atoms with van der Waals surface area (Å²) < 4.78 is 31.9. The quantitative estimate of drug-likeness (QED) is 0.714. The molecule has 2 amide bonds. The molecule has 26 heavy (non-hydrogen) atoms. The number of para-hydroxylation sites is 2. The highest BCUT2D eigenvalue weighted by Gasteiger charge is 2.28. The van der Waals surface area contributed by atoms with Gasteiger partial charge >= 0.3 is 5.97 Å². The third-order valence-electron chi connectivity index (χ3n) is 3.46. The van der Waals surface area contributed by atoms with Gasteiger partial charge < -0.3 is 14.5 Å². The summed E-state index contributed by atoms with van der Waals surface area (Å²) in [6.07, 6.45) is 0. The van der Waals surface area contributed by atoms with Gasteiger partial charge in [0.15, 0.2) is 6.61 Å². The monoisotopic (exact) mass is 379 g/mol. The molecule has 1 aromatic carbocycles. The molecule has 1 aliphatic rings. The Morgan fingerprint density at radius 1 is 1.23 bits per heavy atom. The second-order valence-electron chi connectivity index (χ2n) is 5.29. The molecule has 0 spiro atoms. The van der Waals surface area contributed by atoms with Crippen LogP contribution in [0.3, 0.4) is 0 Å². The van der Waals surface area contributed by atoms with Crippen LogP contribution in [0.4, 0.5) is 11.4 Å². The Morgan fingerprint density at radius 3 is 2.65 bits per heavy atom. The van der Waals surface area contributed by atoms with E-state index in [9.17, 15) is 22.8 Å². The minimum absolute atomic E-state index is 0.219. The van der Waals surface area contributed by atoms with Gasteiger partial charge in [-0.3, -0.25) is 14.5 Å². The maximum atomic E-state index is 12.3. The van der Waals surface area contributed by atoms with Gasteiger partial charge in [-0.15, -0.1) is 0 Å². The van der Waals surface area contributed by atoms with E-state index in [0.717, 1.165) is 12.1 Å². The number of fused-ring (bicyclic) bond motifs is 1. The van der Waals surface area contributed by atoms with Gasteiger partial charge in [0.05, 0.1) is 11.4 Å². The molecule has 0 atom stereocenters. The van der Waals surface area contributed by atoms with Crippen LogP contribution in [0.1, 0.15) is 10.6 Å². The van der Waals surface area contributed by atoms with Gasteiger partial charge in [-0.2, -0.15) is 0 Å². The number of hydrogen-bond donors (Lipinski definition) is 2. The van der Waals surface area contributed by atoms with Gasteiger partial charge in [-0.05, 0) is 24.3 Å². The lowest BCUT2D eigenvalue weighted by molar-refractivity contribution is -0.124. The van der Waals surface area contributed by atoms with Crippen molar-refractivity contribution in [1.82, 2.24) is 0 Å². The molecule has 3 rings (SSSR count). The molecular formula is C15H13N3O7S. The molecule has 136 valence electrons. The number of anilines is 2. The van der Waals surface area contributed by atoms with Crippen LogP contribution in [-0.4, -0.2) is 39.4 Å². The molecule has 0 saturated heterocycles. The van der Waals surface area contributed by atoms with Crippen LogP contribution in [-0.2, 0) is 24.3 Å². The Hall–Kier alpha value is -3.18. The van der Waals surface area contributed by atoms with Gasteiger partial charge in [0, 0.05) is 0 Å². The standard InChI is InChI=1S/C15H13N3O7S/c16-26(22,23)14-6-5-11(25-14)15(21)24-8-13(20)18-7-12(19)17-9-3-1-2-4-10(9)18/h1-6H,7-8H2,(H,17,19)(H2,16,22,23). The molecule has 2 heterocycles. The lowest BCUT2D eigenvalue weighted by Crippen LogP contribution is -2.44. The van der Waals surface area contributed by atoms with Crippen molar-refractivity contribution in [1.29, 1.82) is 0 Å². The van der Waals surface area contributed by atoms with Crippen LogP contribution in [0.15, 0.2) is 45.9 Å². The zero-order valence-corrected chi connectivity index (χ0v) is 14.0. The zero-order chi connectivity index (χ0) is 18.9. The number of primary sulfonamides is 1. The number of esters is 1.